The van der Waals surface area contributed by atoms with Crippen molar-refractivity contribution >= 4 is 11.7 Å². The molecule has 1 aliphatic rings. The molecule has 7 heteroatoms. The Morgan fingerprint density at radius 1 is 1.23 bits per heavy atom. The number of ether oxygens (including phenoxy) is 1. The minimum absolute atomic E-state index is 0.0651. The van der Waals surface area contributed by atoms with Gasteiger partial charge in [-0.15, -0.1) is 0 Å². The average molecular weight is 406 g/mol. The predicted molar refractivity (Wildman–Crippen MR) is 112 cm³/mol. The van der Waals surface area contributed by atoms with Gasteiger partial charge in [0.15, 0.2) is 0 Å². The Kier molecular flexibility index (Phi) is 5.99. The number of carbonyl (C=O) groups excluding carboxylic acids is 1. The highest BCUT2D eigenvalue weighted by atomic mass is 19.1. The van der Waals surface area contributed by atoms with Crippen LogP contribution in [-0.4, -0.2) is 47.5 Å². The van der Waals surface area contributed by atoms with Gasteiger partial charge in [0.25, 0.3) is 5.91 Å². The summed E-state index contributed by atoms with van der Waals surface area (Å²) in [5, 5.41) is 2.95. The van der Waals surface area contributed by atoms with E-state index in [1.807, 2.05) is 24.3 Å². The monoisotopic (exact) mass is 406 g/mol. The summed E-state index contributed by atoms with van der Waals surface area (Å²) in [5.41, 5.74) is 2.68. The summed E-state index contributed by atoms with van der Waals surface area (Å²) in [4.78, 5) is 23.5. The molecule has 3 aromatic rings. The van der Waals surface area contributed by atoms with Crippen molar-refractivity contribution in [2.45, 2.75) is 12.5 Å². The number of carbonyl (C=O) groups is 1. The highest BCUT2D eigenvalue weighted by Crippen LogP contribution is 2.23. The molecule has 0 aliphatic carbocycles. The minimum Gasteiger partial charge on any atom is -0.373 e. The summed E-state index contributed by atoms with van der Waals surface area (Å²) >= 11 is 0. The summed E-state index contributed by atoms with van der Waals surface area (Å²) in [6.07, 6.45) is 1.69. The number of hydrogen-bond donors (Lipinski definition) is 1. The van der Waals surface area contributed by atoms with Crippen LogP contribution in [0.15, 0.2) is 60.8 Å². The fraction of sp³-hybridized carbons (Fsp3) is 0.261. The van der Waals surface area contributed by atoms with Gasteiger partial charge in [-0.1, -0.05) is 24.3 Å². The number of rotatable bonds is 5. The fourth-order valence-corrected chi connectivity index (χ4v) is 3.51. The Labute approximate surface area is 174 Å². The molecule has 0 bridgehead atoms. The highest BCUT2D eigenvalue weighted by molar-refractivity contribution is 5.94. The van der Waals surface area contributed by atoms with Crippen LogP contribution in [0.4, 0.5) is 10.2 Å². The zero-order valence-corrected chi connectivity index (χ0v) is 16.7. The smallest absolute Gasteiger partial charge is 0.254 e. The van der Waals surface area contributed by atoms with Crippen molar-refractivity contribution in [2.24, 2.45) is 0 Å². The molecule has 0 saturated carbocycles. The number of anilines is 1. The molecule has 1 saturated heterocycles. The lowest BCUT2D eigenvalue weighted by Gasteiger charge is -2.33. The number of hydrogen-bond acceptors (Lipinski definition) is 5. The van der Waals surface area contributed by atoms with Gasteiger partial charge < -0.3 is 15.0 Å². The van der Waals surface area contributed by atoms with Crippen LogP contribution in [0.1, 0.15) is 33.4 Å². The maximum absolute atomic E-state index is 14.0. The lowest BCUT2D eigenvalue weighted by Crippen LogP contribution is -2.42. The molecule has 1 fully saturated rings. The van der Waals surface area contributed by atoms with Gasteiger partial charge in [0, 0.05) is 37.5 Å². The Morgan fingerprint density at radius 3 is 2.93 bits per heavy atom. The molecule has 2 aromatic heterocycles. The van der Waals surface area contributed by atoms with E-state index >= 15 is 0 Å². The average Bonchev–Trinajstić information content (AvgIpc) is 2.80. The van der Waals surface area contributed by atoms with Crippen LogP contribution in [0.2, 0.25) is 0 Å². The number of amides is 1. The largest absolute Gasteiger partial charge is 0.373 e. The predicted octanol–water partition coefficient (Wildman–Crippen LogP) is 3.46. The van der Waals surface area contributed by atoms with Gasteiger partial charge >= 0.3 is 0 Å². The second kappa shape index (κ2) is 9.00. The maximum Gasteiger partial charge on any atom is 0.254 e. The van der Waals surface area contributed by atoms with Gasteiger partial charge in [0.05, 0.1) is 18.8 Å². The van der Waals surface area contributed by atoms with Crippen LogP contribution in [0.25, 0.3) is 0 Å². The first-order valence-electron chi connectivity index (χ1n) is 9.88. The lowest BCUT2D eigenvalue weighted by atomic mass is 10.1. The first kappa shape index (κ1) is 20.0. The molecule has 4 rings (SSSR count). The topological polar surface area (TPSA) is 67.4 Å². The van der Waals surface area contributed by atoms with Gasteiger partial charge in [-0.2, -0.15) is 0 Å². The lowest BCUT2D eigenvalue weighted by molar-refractivity contribution is -0.0247. The molecule has 1 amide bonds. The number of morpholine rings is 1. The van der Waals surface area contributed by atoms with Gasteiger partial charge in [-0.3, -0.25) is 9.78 Å². The normalized spacial score (nSPS) is 16.3. The van der Waals surface area contributed by atoms with E-state index in [1.54, 1.807) is 42.4 Å². The van der Waals surface area contributed by atoms with Crippen molar-refractivity contribution in [3.05, 3.63) is 89.1 Å². The molecule has 1 aromatic carbocycles. The second-order valence-electron chi connectivity index (χ2n) is 7.11. The van der Waals surface area contributed by atoms with Gasteiger partial charge in [-0.05, 0) is 35.9 Å². The van der Waals surface area contributed by atoms with E-state index in [2.05, 4.69) is 15.3 Å². The Bertz CT molecular complexity index is 1040. The summed E-state index contributed by atoms with van der Waals surface area (Å²) in [7, 11) is 1.77. The van der Waals surface area contributed by atoms with E-state index in [0.717, 1.165) is 11.4 Å². The third kappa shape index (κ3) is 4.46. The van der Waals surface area contributed by atoms with Crippen molar-refractivity contribution in [1.29, 1.82) is 0 Å². The number of pyridine rings is 2. The zero-order chi connectivity index (χ0) is 20.9. The SMILES string of the molecule is CNc1cc(C(=O)N2CCO[C@H](c3cccc(Cc4ccccc4F)n3)C2)ccn1. The van der Waals surface area contributed by atoms with E-state index in [1.165, 1.54) is 6.07 Å². The molecule has 1 N–H and O–H groups in total. The molecule has 3 heterocycles. The quantitative estimate of drug-likeness (QED) is 0.703. The summed E-state index contributed by atoms with van der Waals surface area (Å²) in [6.45, 7) is 1.35. The van der Waals surface area contributed by atoms with E-state index < -0.39 is 0 Å². The number of benzene rings is 1. The maximum atomic E-state index is 14.0. The van der Waals surface area contributed by atoms with Crippen LogP contribution >= 0.6 is 0 Å². The molecule has 1 atom stereocenters. The zero-order valence-electron chi connectivity index (χ0n) is 16.7. The third-order valence-electron chi connectivity index (χ3n) is 5.10. The number of aromatic nitrogens is 2. The molecule has 0 spiro atoms. The van der Waals surface area contributed by atoms with Crippen LogP contribution < -0.4 is 5.32 Å². The fourth-order valence-electron chi connectivity index (χ4n) is 3.51. The first-order valence-corrected chi connectivity index (χ1v) is 9.88. The molecule has 6 nitrogen and oxygen atoms in total. The van der Waals surface area contributed by atoms with E-state index in [0.29, 0.717) is 43.1 Å². The highest BCUT2D eigenvalue weighted by Gasteiger charge is 2.27. The Morgan fingerprint density at radius 2 is 2.10 bits per heavy atom. The third-order valence-corrected chi connectivity index (χ3v) is 5.10. The van der Waals surface area contributed by atoms with Crippen molar-refractivity contribution in [2.75, 3.05) is 32.1 Å². The molecule has 1 aliphatic heterocycles. The van der Waals surface area contributed by atoms with Crippen LogP contribution in [0.3, 0.4) is 0 Å². The first-order chi connectivity index (χ1) is 14.6. The summed E-state index contributed by atoms with van der Waals surface area (Å²) < 4.78 is 19.9. The summed E-state index contributed by atoms with van der Waals surface area (Å²) in [6, 6.07) is 15.8. The summed E-state index contributed by atoms with van der Waals surface area (Å²) in [5.74, 6) is 0.339. The minimum atomic E-state index is -0.325. The van der Waals surface area contributed by atoms with Crippen molar-refractivity contribution in [1.82, 2.24) is 14.9 Å². The van der Waals surface area contributed by atoms with Gasteiger partial charge in [0.1, 0.15) is 17.7 Å². The molecule has 0 unspecified atom stereocenters. The number of nitrogens with one attached hydrogen (secondary N) is 1. The standard InChI is InChI=1S/C23H23FN4O2/c1-25-22-14-17(9-10-26-22)23(29)28-11-12-30-21(15-28)20-8-4-6-18(27-20)13-16-5-2-3-7-19(16)24/h2-10,14,21H,11-13,15H2,1H3,(H,25,26)/t21-/m0/s1. The van der Waals surface area contributed by atoms with Crippen molar-refractivity contribution in [3.63, 3.8) is 0 Å². The second-order valence-corrected chi connectivity index (χ2v) is 7.11. The van der Waals surface area contributed by atoms with Gasteiger partial charge in [0.2, 0.25) is 0 Å². The van der Waals surface area contributed by atoms with E-state index in [-0.39, 0.29) is 17.8 Å². The van der Waals surface area contributed by atoms with Crippen molar-refractivity contribution in [3.8, 4) is 0 Å². The van der Waals surface area contributed by atoms with E-state index in [9.17, 15) is 9.18 Å². The van der Waals surface area contributed by atoms with Crippen LogP contribution in [0, 0.1) is 5.82 Å². The molecule has 154 valence electrons. The van der Waals surface area contributed by atoms with Crippen molar-refractivity contribution < 1.29 is 13.9 Å². The molecule has 30 heavy (non-hydrogen) atoms. The molecular formula is C23H23FN4O2. The Balaban J connectivity index is 1.49. The van der Waals surface area contributed by atoms with Crippen LogP contribution in [0.5, 0.6) is 0 Å². The number of halogens is 1. The number of nitrogens with zero attached hydrogens (tertiary/aromatic N) is 3. The Hall–Kier alpha value is -3.32. The molecule has 0 radical (unpaired) electrons. The molecular weight excluding hydrogens is 383 g/mol. The van der Waals surface area contributed by atoms with Crippen LogP contribution in [-0.2, 0) is 11.2 Å². The van der Waals surface area contributed by atoms with Gasteiger partial charge in [-0.25, -0.2) is 9.37 Å². The van der Waals surface area contributed by atoms with E-state index in [4.69, 9.17) is 4.74 Å².